The molecular weight excluding hydrogens is 358 g/mol. The van der Waals surface area contributed by atoms with E-state index in [0.29, 0.717) is 6.54 Å². The average Bonchev–Trinajstić information content (AvgIpc) is 2.88. The van der Waals surface area contributed by atoms with Gasteiger partial charge in [-0.15, -0.1) is 0 Å². The van der Waals surface area contributed by atoms with Crippen LogP contribution >= 0.6 is 0 Å². The zero-order valence-electron chi connectivity index (χ0n) is 12.4. The van der Waals surface area contributed by atoms with Crippen molar-refractivity contribution < 1.29 is 31.1 Å². The Hall–Kier alpha value is -2.34. The van der Waals surface area contributed by atoms with Gasteiger partial charge < -0.3 is 17.0 Å². The summed E-state index contributed by atoms with van der Waals surface area (Å²) in [5.74, 6) is -0.439. The van der Waals surface area contributed by atoms with Crippen LogP contribution in [0, 0.1) is 0 Å². The second-order valence-corrected chi connectivity index (χ2v) is 5.08. The number of halogens is 1. The molecule has 0 N–H and O–H groups in total. The van der Waals surface area contributed by atoms with Crippen molar-refractivity contribution in [1.82, 2.24) is 9.88 Å². The number of rotatable bonds is 5. The predicted octanol–water partition coefficient (Wildman–Crippen LogP) is -1.64. The summed E-state index contributed by atoms with van der Waals surface area (Å²) < 4.78 is 2.04. The Balaban J connectivity index is 0.00000192. The van der Waals surface area contributed by atoms with Gasteiger partial charge in [-0.25, -0.2) is 4.57 Å². The monoisotopic (exact) mass is 373 g/mol. The largest absolute Gasteiger partial charge is 1.00 e. The predicted molar refractivity (Wildman–Crippen MR) is 80.3 cm³/mol. The fraction of sp³-hybridized carbons (Fsp3) is 0.176. The number of aryl methyl sites for hydroxylation is 1. The lowest BCUT2D eigenvalue weighted by atomic mass is 10.1. The fourth-order valence-electron chi connectivity index (χ4n) is 2.41. The van der Waals surface area contributed by atoms with Crippen molar-refractivity contribution in [3.05, 3.63) is 61.2 Å². The second kappa shape index (κ2) is 7.78. The van der Waals surface area contributed by atoms with Gasteiger partial charge in [-0.3, -0.25) is 19.5 Å². The van der Waals surface area contributed by atoms with E-state index < -0.39 is 0 Å². The summed E-state index contributed by atoms with van der Waals surface area (Å²) in [6.07, 6.45) is 10.9. The fourth-order valence-corrected chi connectivity index (χ4v) is 2.41. The molecule has 2 aromatic heterocycles. The molecule has 0 spiro atoms. The number of carbonyl (C=O) groups excluding carboxylic acids is 2. The molecular formula is C17H16BrN3O2. The van der Waals surface area contributed by atoms with Crippen LogP contribution in [0.25, 0.3) is 11.1 Å². The number of hydrogen-bond acceptors (Lipinski definition) is 3. The Bertz CT molecular complexity index is 696. The highest BCUT2D eigenvalue weighted by Crippen LogP contribution is 2.15. The molecule has 0 unspecified atom stereocenters. The third-order valence-corrected chi connectivity index (χ3v) is 3.60. The third kappa shape index (κ3) is 4.10. The molecule has 6 heteroatoms. The van der Waals surface area contributed by atoms with E-state index in [4.69, 9.17) is 0 Å². The first-order valence-corrected chi connectivity index (χ1v) is 7.17. The van der Waals surface area contributed by atoms with Crippen LogP contribution in [0.3, 0.4) is 0 Å². The smallest absolute Gasteiger partial charge is 0.253 e. The maximum atomic E-state index is 11.4. The van der Waals surface area contributed by atoms with Gasteiger partial charge in [0.1, 0.15) is 6.54 Å². The van der Waals surface area contributed by atoms with Gasteiger partial charge >= 0.3 is 0 Å². The molecule has 2 amide bonds. The van der Waals surface area contributed by atoms with E-state index >= 15 is 0 Å². The summed E-state index contributed by atoms with van der Waals surface area (Å²) in [7, 11) is 0. The van der Waals surface area contributed by atoms with E-state index in [-0.39, 0.29) is 28.8 Å². The van der Waals surface area contributed by atoms with Gasteiger partial charge in [0.15, 0.2) is 12.4 Å². The number of pyridine rings is 2. The summed E-state index contributed by atoms with van der Waals surface area (Å²) >= 11 is 0. The highest BCUT2D eigenvalue weighted by Gasteiger charge is 2.22. The van der Waals surface area contributed by atoms with Crippen molar-refractivity contribution in [3.8, 4) is 11.1 Å². The molecule has 0 saturated heterocycles. The normalized spacial score (nSPS) is 13.3. The van der Waals surface area contributed by atoms with E-state index in [0.717, 1.165) is 24.1 Å². The quantitative estimate of drug-likeness (QED) is 0.466. The van der Waals surface area contributed by atoms with Crippen molar-refractivity contribution in [1.29, 1.82) is 0 Å². The van der Waals surface area contributed by atoms with Crippen molar-refractivity contribution in [2.24, 2.45) is 0 Å². The first-order valence-electron chi connectivity index (χ1n) is 7.17. The van der Waals surface area contributed by atoms with Crippen LogP contribution in [-0.2, 0) is 16.1 Å². The van der Waals surface area contributed by atoms with Gasteiger partial charge in [0.2, 0.25) is 0 Å². The highest BCUT2D eigenvalue weighted by molar-refractivity contribution is 6.12. The van der Waals surface area contributed by atoms with E-state index in [9.17, 15) is 9.59 Å². The zero-order chi connectivity index (χ0) is 15.4. The molecule has 2 aromatic rings. The molecule has 5 nitrogen and oxygen atoms in total. The highest BCUT2D eigenvalue weighted by atomic mass is 79.9. The lowest BCUT2D eigenvalue weighted by molar-refractivity contribution is -0.697. The summed E-state index contributed by atoms with van der Waals surface area (Å²) in [5.41, 5.74) is 2.26. The number of imide groups is 1. The first kappa shape index (κ1) is 17.0. The summed E-state index contributed by atoms with van der Waals surface area (Å²) in [6.45, 7) is 1.21. The minimum atomic E-state index is -0.219. The Labute approximate surface area is 145 Å². The van der Waals surface area contributed by atoms with Crippen LogP contribution < -0.4 is 21.5 Å². The van der Waals surface area contributed by atoms with Crippen LogP contribution in [0.2, 0.25) is 0 Å². The molecule has 1 aliphatic rings. The lowest BCUT2D eigenvalue weighted by Crippen LogP contribution is -3.00. The molecule has 0 aliphatic carbocycles. The van der Waals surface area contributed by atoms with Gasteiger partial charge in [0.25, 0.3) is 11.8 Å². The van der Waals surface area contributed by atoms with Gasteiger partial charge in [0.05, 0.1) is 0 Å². The Morgan fingerprint density at radius 3 is 2.09 bits per heavy atom. The summed E-state index contributed by atoms with van der Waals surface area (Å²) in [6, 6.07) is 8.03. The number of carbonyl (C=O) groups is 2. The van der Waals surface area contributed by atoms with Crippen molar-refractivity contribution in [2.75, 3.05) is 6.54 Å². The van der Waals surface area contributed by atoms with Gasteiger partial charge in [-0.05, 0) is 23.3 Å². The molecule has 23 heavy (non-hydrogen) atoms. The molecule has 3 heterocycles. The van der Waals surface area contributed by atoms with Crippen LogP contribution in [0.15, 0.2) is 61.2 Å². The zero-order valence-corrected chi connectivity index (χ0v) is 14.0. The molecule has 0 saturated carbocycles. The Morgan fingerprint density at radius 1 is 0.913 bits per heavy atom. The van der Waals surface area contributed by atoms with Crippen LogP contribution in [0.1, 0.15) is 6.42 Å². The van der Waals surface area contributed by atoms with Crippen LogP contribution in [0.4, 0.5) is 0 Å². The number of aromatic nitrogens is 2. The summed E-state index contributed by atoms with van der Waals surface area (Å²) in [5, 5.41) is 0. The number of amides is 2. The maximum absolute atomic E-state index is 11.4. The van der Waals surface area contributed by atoms with Gasteiger partial charge in [-0.2, -0.15) is 0 Å². The average molecular weight is 374 g/mol. The molecule has 1 aliphatic heterocycles. The SMILES string of the molecule is O=C1C=CC(=O)N1CCC[n+]1ccc(-c2ccncc2)cc1.[Br-]. The molecule has 0 bridgehead atoms. The molecule has 0 atom stereocenters. The van der Waals surface area contributed by atoms with E-state index in [1.807, 2.05) is 41.2 Å². The van der Waals surface area contributed by atoms with Gasteiger partial charge in [0, 0.05) is 49.6 Å². The molecule has 3 rings (SSSR count). The van der Waals surface area contributed by atoms with E-state index in [1.165, 1.54) is 17.1 Å². The first-order chi connectivity index (χ1) is 10.7. The van der Waals surface area contributed by atoms with E-state index in [1.54, 1.807) is 12.4 Å². The standard InChI is InChI=1S/C17H16N3O2.BrH/c21-16-2-3-17(22)20(16)11-1-10-19-12-6-15(7-13-19)14-4-8-18-9-5-14;/h2-9,12-13H,1,10-11H2;1H/q+1;/p-1. The summed E-state index contributed by atoms with van der Waals surface area (Å²) in [4.78, 5) is 28.1. The lowest BCUT2D eigenvalue weighted by Gasteiger charge is -2.11. The van der Waals surface area contributed by atoms with E-state index in [2.05, 4.69) is 4.98 Å². The molecule has 0 fully saturated rings. The third-order valence-electron chi connectivity index (χ3n) is 3.60. The molecule has 0 radical (unpaired) electrons. The van der Waals surface area contributed by atoms with Crippen LogP contribution in [0.5, 0.6) is 0 Å². The topological polar surface area (TPSA) is 54.2 Å². The maximum Gasteiger partial charge on any atom is 0.253 e. The van der Waals surface area contributed by atoms with Gasteiger partial charge in [-0.1, -0.05) is 0 Å². The van der Waals surface area contributed by atoms with Crippen molar-refractivity contribution in [2.45, 2.75) is 13.0 Å². The number of nitrogens with zero attached hydrogens (tertiary/aromatic N) is 3. The minimum absolute atomic E-state index is 0. The second-order valence-electron chi connectivity index (χ2n) is 5.08. The molecule has 118 valence electrons. The van der Waals surface area contributed by atoms with Crippen LogP contribution in [-0.4, -0.2) is 28.2 Å². The van der Waals surface area contributed by atoms with Crippen molar-refractivity contribution >= 4 is 11.8 Å². The number of hydrogen-bond donors (Lipinski definition) is 0. The Morgan fingerprint density at radius 2 is 1.48 bits per heavy atom. The minimum Gasteiger partial charge on any atom is -1.00 e. The molecule has 0 aromatic carbocycles. The van der Waals surface area contributed by atoms with Crippen molar-refractivity contribution in [3.63, 3.8) is 0 Å². The Kier molecular flexibility index (Phi) is 5.76.